The molecule has 1 aliphatic rings. The highest BCUT2D eigenvalue weighted by molar-refractivity contribution is 6.04. The zero-order valence-corrected chi connectivity index (χ0v) is 23.2. The number of carbonyl (C=O) groups excluding carboxylic acids is 2. The lowest BCUT2D eigenvalue weighted by molar-refractivity contribution is -0.201. The third-order valence-electron chi connectivity index (χ3n) is 7.30. The number of carbonyl (C=O) groups is 2. The van der Waals surface area contributed by atoms with Gasteiger partial charge in [0.2, 0.25) is 5.91 Å². The predicted molar refractivity (Wildman–Crippen MR) is 156 cm³/mol. The smallest absolute Gasteiger partial charge is 0.454 e. The zero-order chi connectivity index (χ0) is 30.0. The Kier molecular flexibility index (Phi) is 8.04. The molecule has 0 bridgehead atoms. The molecule has 0 spiro atoms. The molecule has 1 saturated heterocycles. The number of nitrogens with one attached hydrogen (secondary N) is 2. The molecule has 42 heavy (non-hydrogen) atoms. The van der Waals surface area contributed by atoms with Crippen LogP contribution in [-0.4, -0.2) is 66.1 Å². The summed E-state index contributed by atoms with van der Waals surface area (Å²) in [4.78, 5) is 35.8. The molecule has 0 saturated carbocycles. The fraction of sp³-hybridized carbons (Fsp3) is 0.258. The quantitative estimate of drug-likeness (QED) is 0.217. The topological polar surface area (TPSA) is 90.6 Å². The van der Waals surface area contributed by atoms with Gasteiger partial charge in [-0.05, 0) is 61.0 Å². The minimum Gasteiger partial charge on any atom is -0.454 e. The van der Waals surface area contributed by atoms with Gasteiger partial charge in [-0.15, -0.1) is 0 Å². The number of rotatable bonds is 7. The highest BCUT2D eigenvalue weighted by Crippen LogP contribution is 2.40. The summed E-state index contributed by atoms with van der Waals surface area (Å²) in [6, 6.07) is 15.4. The normalized spacial score (nSPS) is 14.2. The molecule has 2 N–H and O–H groups in total. The van der Waals surface area contributed by atoms with Gasteiger partial charge in [0.15, 0.2) is 0 Å². The third kappa shape index (κ3) is 6.15. The first kappa shape index (κ1) is 28.9. The van der Waals surface area contributed by atoms with Crippen LogP contribution in [-0.2, 0) is 20.9 Å². The van der Waals surface area contributed by atoms with Gasteiger partial charge >= 0.3 is 12.1 Å². The van der Waals surface area contributed by atoms with Gasteiger partial charge < -0.3 is 24.8 Å². The highest BCUT2D eigenvalue weighted by atomic mass is 19.4. The van der Waals surface area contributed by atoms with E-state index >= 15 is 0 Å². The van der Waals surface area contributed by atoms with Crippen molar-refractivity contribution in [3.05, 3.63) is 78.5 Å². The summed E-state index contributed by atoms with van der Waals surface area (Å²) in [5.41, 5.74) is 6.45. The lowest BCUT2D eigenvalue weighted by atomic mass is 9.96. The van der Waals surface area contributed by atoms with E-state index in [2.05, 4.69) is 55.6 Å². The first-order chi connectivity index (χ1) is 20.0. The lowest BCUT2D eigenvalue weighted by Gasteiger charge is -2.34. The van der Waals surface area contributed by atoms with Crippen molar-refractivity contribution < 1.29 is 27.5 Å². The number of aryl methyl sites for hydroxylation is 1. The van der Waals surface area contributed by atoms with Crippen LogP contribution in [0.1, 0.15) is 11.1 Å². The van der Waals surface area contributed by atoms with Gasteiger partial charge in [-0.2, -0.15) is 13.2 Å². The molecule has 1 fully saturated rings. The molecule has 0 radical (unpaired) electrons. The number of piperazine rings is 1. The summed E-state index contributed by atoms with van der Waals surface area (Å²) in [5, 5.41) is 3.44. The van der Waals surface area contributed by atoms with Gasteiger partial charge in [-0.3, -0.25) is 4.79 Å². The van der Waals surface area contributed by atoms with E-state index < -0.39 is 18.8 Å². The average Bonchev–Trinajstić information content (AvgIpc) is 3.35. The van der Waals surface area contributed by atoms with E-state index in [4.69, 9.17) is 0 Å². The minimum absolute atomic E-state index is 0.296. The molecule has 0 aliphatic carbocycles. The highest BCUT2D eigenvalue weighted by Gasteiger charge is 2.40. The molecule has 8 nitrogen and oxygen atoms in total. The van der Waals surface area contributed by atoms with Gasteiger partial charge in [0, 0.05) is 60.3 Å². The van der Waals surface area contributed by atoms with Gasteiger partial charge in [0.25, 0.3) is 0 Å². The number of halogens is 3. The van der Waals surface area contributed by atoms with E-state index in [1.807, 2.05) is 37.3 Å². The van der Waals surface area contributed by atoms with Crippen molar-refractivity contribution in [2.45, 2.75) is 19.7 Å². The number of aromatic amines is 1. The summed E-state index contributed by atoms with van der Waals surface area (Å²) >= 11 is 0. The maximum Gasteiger partial charge on any atom is 0.490 e. The number of hydrogen-bond acceptors (Lipinski definition) is 6. The number of likely N-dealkylation sites (N-methyl/N-ethyl adjacent to an activating group) is 1. The van der Waals surface area contributed by atoms with Crippen LogP contribution in [0.5, 0.6) is 0 Å². The monoisotopic (exact) mass is 577 g/mol. The summed E-state index contributed by atoms with van der Waals surface area (Å²) in [6.07, 6.45) is -2.53. The predicted octanol–water partition coefficient (Wildman–Crippen LogP) is 5.69. The van der Waals surface area contributed by atoms with E-state index in [1.165, 1.54) is 12.3 Å². The molecule has 5 rings (SSSR count). The maximum atomic E-state index is 12.7. The molecular formula is C31H30F3N5O3. The molecule has 0 atom stereocenters. The summed E-state index contributed by atoms with van der Waals surface area (Å²) in [7, 11) is 2.11. The molecule has 11 heteroatoms. The second kappa shape index (κ2) is 11.7. The summed E-state index contributed by atoms with van der Waals surface area (Å²) in [5.74, 6) is -2.62. The fourth-order valence-corrected chi connectivity index (χ4v) is 4.94. The van der Waals surface area contributed by atoms with Crippen LogP contribution in [0, 0.1) is 6.92 Å². The van der Waals surface area contributed by atoms with Crippen molar-refractivity contribution in [3.8, 4) is 22.4 Å². The van der Waals surface area contributed by atoms with E-state index in [0.717, 1.165) is 59.8 Å². The zero-order valence-electron chi connectivity index (χ0n) is 23.2. The Labute approximate surface area is 240 Å². The minimum atomic E-state index is -5.09. The number of ether oxygens (including phenoxy) is 1. The number of nitrogens with zero attached hydrogens (tertiary/aromatic N) is 3. The number of anilines is 2. The molecule has 1 aliphatic heterocycles. The number of alkyl halides is 3. The van der Waals surface area contributed by atoms with Crippen LogP contribution < -0.4 is 10.2 Å². The van der Waals surface area contributed by atoms with E-state index in [9.17, 15) is 22.8 Å². The standard InChI is InChI=1S/C31H30F3N5O3/c1-4-26(40)36-25-16-22(6-5-19(25)2)27-24-15-20(18-42-30(41)31(32,33)34)17-35-29(24)37-28(27)21-7-9-23(10-8-21)39-13-11-38(3)12-14-39/h4-10,15-17H,1,11-14,18H2,2-3H3,(H,35,37)(H,36,40). The van der Waals surface area contributed by atoms with Crippen molar-refractivity contribution in [2.75, 3.05) is 43.4 Å². The Morgan fingerprint density at radius 3 is 2.43 bits per heavy atom. The first-order valence-electron chi connectivity index (χ1n) is 13.4. The van der Waals surface area contributed by atoms with Gasteiger partial charge in [-0.1, -0.05) is 30.8 Å². The number of aromatic nitrogens is 2. The Morgan fingerprint density at radius 2 is 1.76 bits per heavy atom. The van der Waals surface area contributed by atoms with Crippen molar-refractivity contribution in [1.82, 2.24) is 14.9 Å². The second-order valence-electron chi connectivity index (χ2n) is 10.2. The fourth-order valence-electron chi connectivity index (χ4n) is 4.94. The van der Waals surface area contributed by atoms with Crippen molar-refractivity contribution in [1.29, 1.82) is 0 Å². The Morgan fingerprint density at radius 1 is 1.07 bits per heavy atom. The van der Waals surface area contributed by atoms with Gasteiger partial charge in [0.1, 0.15) is 12.3 Å². The largest absolute Gasteiger partial charge is 0.490 e. The number of esters is 1. The number of benzene rings is 2. The Balaban J connectivity index is 1.58. The van der Waals surface area contributed by atoms with Crippen LogP contribution in [0.4, 0.5) is 24.5 Å². The average molecular weight is 578 g/mol. The number of amides is 1. The SMILES string of the molecule is C=CC(=O)Nc1cc(-c2c(-c3ccc(N4CCN(C)CC4)cc3)[nH]c3ncc(COC(=O)C(F)(F)F)cc23)ccc1C. The molecular weight excluding hydrogens is 547 g/mol. The molecule has 1 amide bonds. The lowest BCUT2D eigenvalue weighted by Crippen LogP contribution is -2.44. The summed E-state index contributed by atoms with van der Waals surface area (Å²) in [6.45, 7) is 8.63. The summed E-state index contributed by atoms with van der Waals surface area (Å²) < 4.78 is 42.6. The number of fused-ring (bicyclic) bond motifs is 1. The molecule has 4 aromatic rings. The van der Waals surface area contributed by atoms with E-state index in [-0.39, 0.29) is 5.91 Å². The molecule has 2 aromatic carbocycles. The second-order valence-corrected chi connectivity index (χ2v) is 10.2. The number of hydrogen-bond donors (Lipinski definition) is 2. The van der Waals surface area contributed by atoms with E-state index in [1.54, 1.807) is 6.07 Å². The van der Waals surface area contributed by atoms with Crippen molar-refractivity contribution in [2.24, 2.45) is 0 Å². The Bertz CT molecular complexity index is 1640. The van der Waals surface area contributed by atoms with Crippen LogP contribution >= 0.6 is 0 Å². The molecule has 2 aromatic heterocycles. The molecule has 0 unspecified atom stereocenters. The van der Waals surface area contributed by atoms with Crippen molar-refractivity contribution >= 4 is 34.3 Å². The number of H-pyrrole nitrogens is 1. The van der Waals surface area contributed by atoms with Crippen molar-refractivity contribution in [3.63, 3.8) is 0 Å². The van der Waals surface area contributed by atoms with Crippen LogP contribution in [0.15, 0.2) is 67.4 Å². The van der Waals surface area contributed by atoms with Gasteiger partial charge in [0.05, 0.1) is 5.69 Å². The van der Waals surface area contributed by atoms with E-state index in [0.29, 0.717) is 22.3 Å². The Hall–Kier alpha value is -4.64. The third-order valence-corrected chi connectivity index (χ3v) is 7.30. The van der Waals surface area contributed by atoms with Gasteiger partial charge in [-0.25, -0.2) is 9.78 Å². The van der Waals surface area contributed by atoms with Crippen LogP contribution in [0.3, 0.4) is 0 Å². The molecule has 218 valence electrons. The number of pyridine rings is 1. The first-order valence-corrected chi connectivity index (χ1v) is 13.4. The van der Waals surface area contributed by atoms with Crippen LogP contribution in [0.25, 0.3) is 33.4 Å². The van der Waals surface area contributed by atoms with Crippen LogP contribution in [0.2, 0.25) is 0 Å². The molecule has 3 heterocycles. The maximum absolute atomic E-state index is 12.7.